The van der Waals surface area contributed by atoms with Crippen LogP contribution in [0.2, 0.25) is 0 Å². The Bertz CT molecular complexity index is 1410. The third-order valence-corrected chi connectivity index (χ3v) is 6.01. The number of para-hydroxylation sites is 1. The summed E-state index contributed by atoms with van der Waals surface area (Å²) in [5.41, 5.74) is 2.27. The number of methoxy groups -OCH3 is 2. The number of hydrogen-bond donors (Lipinski definition) is 1. The molecule has 0 saturated carbocycles. The molecule has 0 radical (unpaired) electrons. The fraction of sp³-hybridized carbons (Fsp3) is 0.310. The van der Waals surface area contributed by atoms with Crippen molar-refractivity contribution in [2.45, 2.75) is 45.4 Å². The van der Waals surface area contributed by atoms with Crippen LogP contribution < -0.4 is 14.8 Å². The second-order valence-electron chi connectivity index (χ2n) is 9.99. The molecule has 0 spiro atoms. The molecule has 1 unspecified atom stereocenters. The van der Waals surface area contributed by atoms with Crippen LogP contribution in [-0.2, 0) is 22.7 Å². The van der Waals surface area contributed by atoms with Gasteiger partial charge in [0.2, 0.25) is 11.8 Å². The van der Waals surface area contributed by atoms with Crippen LogP contribution in [0.4, 0.5) is 0 Å². The minimum atomic E-state index is -1.01. The molecule has 1 heterocycles. The molecule has 0 aliphatic rings. The predicted octanol–water partition coefficient (Wildman–Crippen LogP) is 4.13. The Balaban J connectivity index is 1.83. The molecule has 4 rings (SSSR count). The first-order valence-corrected chi connectivity index (χ1v) is 12.4. The van der Waals surface area contributed by atoms with E-state index in [2.05, 4.69) is 15.6 Å². The van der Waals surface area contributed by atoms with Crippen LogP contribution in [0.25, 0.3) is 11.0 Å². The van der Waals surface area contributed by atoms with Gasteiger partial charge in [0.1, 0.15) is 29.6 Å². The molecule has 0 aliphatic heterocycles. The van der Waals surface area contributed by atoms with Gasteiger partial charge in [-0.2, -0.15) is 0 Å². The van der Waals surface area contributed by atoms with Crippen molar-refractivity contribution in [2.75, 3.05) is 14.2 Å². The molecule has 9 nitrogen and oxygen atoms in total. The predicted molar refractivity (Wildman–Crippen MR) is 145 cm³/mol. The molecule has 198 valence electrons. The van der Waals surface area contributed by atoms with Crippen LogP contribution in [0.5, 0.6) is 11.5 Å². The zero-order valence-corrected chi connectivity index (χ0v) is 22.3. The van der Waals surface area contributed by atoms with Crippen LogP contribution in [0.3, 0.4) is 0 Å². The fourth-order valence-corrected chi connectivity index (χ4v) is 4.30. The molecule has 1 aromatic heterocycles. The highest BCUT2D eigenvalue weighted by Gasteiger charge is 2.36. The van der Waals surface area contributed by atoms with Gasteiger partial charge < -0.3 is 19.7 Å². The van der Waals surface area contributed by atoms with Crippen molar-refractivity contribution in [3.05, 3.63) is 83.9 Å². The summed E-state index contributed by atoms with van der Waals surface area (Å²) in [4.78, 5) is 29.6. The van der Waals surface area contributed by atoms with Gasteiger partial charge in [-0.15, -0.1) is 5.10 Å². The number of nitrogens with zero attached hydrogens (tertiary/aromatic N) is 4. The van der Waals surface area contributed by atoms with Crippen molar-refractivity contribution < 1.29 is 19.1 Å². The number of nitrogens with one attached hydrogen (secondary N) is 1. The van der Waals surface area contributed by atoms with Gasteiger partial charge in [-0.1, -0.05) is 47.7 Å². The van der Waals surface area contributed by atoms with Crippen molar-refractivity contribution in [3.63, 3.8) is 0 Å². The third kappa shape index (κ3) is 6.11. The van der Waals surface area contributed by atoms with Gasteiger partial charge in [0, 0.05) is 17.6 Å². The maximum absolute atomic E-state index is 14.1. The Morgan fingerprint density at radius 2 is 1.68 bits per heavy atom. The van der Waals surface area contributed by atoms with E-state index in [1.54, 1.807) is 34.9 Å². The number of benzene rings is 3. The van der Waals surface area contributed by atoms with E-state index in [1.165, 1.54) is 7.11 Å². The number of ether oxygens (including phenoxy) is 2. The summed E-state index contributed by atoms with van der Waals surface area (Å²) in [7, 11) is 3.09. The van der Waals surface area contributed by atoms with E-state index in [0.717, 1.165) is 11.1 Å². The molecule has 0 fully saturated rings. The molecular formula is C29H33N5O4. The number of aromatic nitrogens is 3. The molecule has 2 amide bonds. The fourth-order valence-electron chi connectivity index (χ4n) is 4.30. The first-order valence-electron chi connectivity index (χ1n) is 12.4. The average molecular weight is 516 g/mol. The summed E-state index contributed by atoms with van der Waals surface area (Å²) in [6.07, 6.45) is 0. The lowest BCUT2D eigenvalue weighted by molar-refractivity contribution is -0.142. The maximum Gasteiger partial charge on any atom is 0.248 e. The second kappa shape index (κ2) is 11.3. The molecule has 1 N–H and O–H groups in total. The van der Waals surface area contributed by atoms with E-state index >= 15 is 0 Å². The molecule has 0 aliphatic carbocycles. The molecule has 0 bridgehead atoms. The topological polar surface area (TPSA) is 98.6 Å². The molecule has 3 aromatic carbocycles. The van der Waals surface area contributed by atoms with Crippen molar-refractivity contribution in [1.29, 1.82) is 0 Å². The van der Waals surface area contributed by atoms with Crippen LogP contribution in [0.15, 0.2) is 72.8 Å². The highest BCUT2D eigenvalue weighted by Crippen LogP contribution is 2.35. The van der Waals surface area contributed by atoms with E-state index in [0.29, 0.717) is 22.6 Å². The minimum absolute atomic E-state index is 0.0983. The first-order chi connectivity index (χ1) is 18.2. The van der Waals surface area contributed by atoms with Gasteiger partial charge >= 0.3 is 0 Å². The minimum Gasteiger partial charge on any atom is -0.497 e. The lowest BCUT2D eigenvalue weighted by atomic mass is 9.99. The summed E-state index contributed by atoms with van der Waals surface area (Å²) in [5, 5.41) is 11.4. The van der Waals surface area contributed by atoms with Gasteiger partial charge in [-0.05, 0) is 56.7 Å². The Morgan fingerprint density at radius 3 is 2.37 bits per heavy atom. The smallest absolute Gasteiger partial charge is 0.248 e. The summed E-state index contributed by atoms with van der Waals surface area (Å²) < 4.78 is 12.7. The van der Waals surface area contributed by atoms with Crippen LogP contribution in [0.1, 0.15) is 37.9 Å². The largest absolute Gasteiger partial charge is 0.497 e. The number of fused-ring (bicyclic) bond motifs is 1. The van der Waals surface area contributed by atoms with Gasteiger partial charge in [-0.25, -0.2) is 4.68 Å². The monoisotopic (exact) mass is 515 g/mol. The molecule has 0 saturated heterocycles. The zero-order valence-electron chi connectivity index (χ0n) is 22.3. The van der Waals surface area contributed by atoms with Gasteiger partial charge in [0.15, 0.2) is 0 Å². The second-order valence-corrected chi connectivity index (χ2v) is 9.99. The number of hydrogen-bond acceptors (Lipinski definition) is 6. The zero-order chi connectivity index (χ0) is 27.3. The van der Waals surface area contributed by atoms with Crippen molar-refractivity contribution in [2.24, 2.45) is 0 Å². The van der Waals surface area contributed by atoms with E-state index in [4.69, 9.17) is 9.47 Å². The van der Waals surface area contributed by atoms with Crippen LogP contribution in [0, 0.1) is 0 Å². The van der Waals surface area contributed by atoms with E-state index in [-0.39, 0.29) is 24.9 Å². The van der Waals surface area contributed by atoms with E-state index in [9.17, 15) is 9.59 Å². The van der Waals surface area contributed by atoms with E-state index < -0.39 is 11.6 Å². The number of rotatable bonds is 9. The Labute approximate surface area is 222 Å². The lowest BCUT2D eigenvalue weighted by Crippen LogP contribution is -2.49. The molecule has 38 heavy (non-hydrogen) atoms. The maximum atomic E-state index is 14.1. The Kier molecular flexibility index (Phi) is 7.95. The molecule has 1 atom stereocenters. The standard InChI is InChI=1S/C29H33N5O4/c1-29(2,3)30-28(36)27(22-17-21(37-4)15-16-25(22)38-5)33(18-20-11-7-6-8-12-20)26(35)19-34-24-14-10-9-13-23(24)31-32-34/h6-17,27H,18-19H2,1-5H3,(H,30,36). The number of amides is 2. The molecular weight excluding hydrogens is 482 g/mol. The van der Waals surface area contributed by atoms with Crippen LogP contribution in [-0.4, -0.2) is 51.5 Å². The van der Waals surface area contributed by atoms with Crippen molar-refractivity contribution in [1.82, 2.24) is 25.2 Å². The number of carbonyl (C=O) groups excluding carboxylic acids is 2. The Hall–Kier alpha value is -4.40. The first kappa shape index (κ1) is 26.7. The molecule has 4 aromatic rings. The van der Waals surface area contributed by atoms with Gasteiger partial charge in [0.25, 0.3) is 0 Å². The quantitative estimate of drug-likeness (QED) is 0.360. The van der Waals surface area contributed by atoms with Crippen molar-refractivity contribution in [3.8, 4) is 11.5 Å². The average Bonchev–Trinajstić information content (AvgIpc) is 3.30. The summed E-state index contributed by atoms with van der Waals surface area (Å²) in [6.45, 7) is 5.79. The van der Waals surface area contributed by atoms with Gasteiger partial charge in [0.05, 0.1) is 19.7 Å². The molecule has 9 heteroatoms. The summed E-state index contributed by atoms with van der Waals surface area (Å²) in [6, 6.07) is 21.2. The highest BCUT2D eigenvalue weighted by molar-refractivity contribution is 5.90. The van der Waals surface area contributed by atoms with Gasteiger partial charge in [-0.3, -0.25) is 9.59 Å². The SMILES string of the molecule is COc1ccc(OC)c(C(C(=O)NC(C)(C)C)N(Cc2ccccc2)C(=O)Cn2nnc3ccccc32)c1. The van der Waals surface area contributed by atoms with E-state index in [1.807, 2.05) is 75.4 Å². The van der Waals surface area contributed by atoms with Crippen LogP contribution >= 0.6 is 0 Å². The van der Waals surface area contributed by atoms with Crippen molar-refractivity contribution >= 4 is 22.8 Å². The normalized spacial score (nSPS) is 12.1. The Morgan fingerprint density at radius 1 is 0.974 bits per heavy atom. The third-order valence-electron chi connectivity index (χ3n) is 6.01. The summed E-state index contributed by atoms with van der Waals surface area (Å²) in [5.74, 6) is 0.376. The number of carbonyl (C=O) groups is 2. The summed E-state index contributed by atoms with van der Waals surface area (Å²) >= 11 is 0. The lowest BCUT2D eigenvalue weighted by Gasteiger charge is -2.34. The highest BCUT2D eigenvalue weighted by atomic mass is 16.5.